The molecule has 1 saturated heterocycles. The van der Waals surface area contributed by atoms with Gasteiger partial charge in [-0.05, 0) is 85.9 Å². The molecule has 4 rings (SSSR count). The molecule has 1 aliphatic heterocycles. The summed E-state index contributed by atoms with van der Waals surface area (Å²) in [6, 6.07) is 8.21. The highest BCUT2D eigenvalue weighted by Gasteiger charge is 2.33. The van der Waals surface area contributed by atoms with E-state index in [1.54, 1.807) is 12.1 Å². The van der Waals surface area contributed by atoms with Crippen molar-refractivity contribution in [3.05, 3.63) is 59.0 Å². The molecule has 45 heavy (non-hydrogen) atoms. The van der Waals surface area contributed by atoms with E-state index in [-0.39, 0.29) is 42.2 Å². The Morgan fingerprint density at radius 1 is 1.02 bits per heavy atom. The Morgan fingerprint density at radius 3 is 2.40 bits per heavy atom. The minimum Gasteiger partial charge on any atom is -0.459 e. The smallest absolute Gasteiger partial charge is 0.287 e. The molecule has 2 fully saturated rings. The van der Waals surface area contributed by atoms with Gasteiger partial charge in [-0.1, -0.05) is 58.4 Å². The Bertz CT molecular complexity index is 1280. The normalized spacial score (nSPS) is 18.2. The van der Waals surface area contributed by atoms with Crippen molar-refractivity contribution >= 4 is 23.5 Å². The number of benzene rings is 1. The zero-order valence-electron chi connectivity index (χ0n) is 27.3. The summed E-state index contributed by atoms with van der Waals surface area (Å²) in [6.45, 7) is 8.31. The average molecular weight is 621 g/mol. The molecule has 3 amide bonds. The number of piperidine rings is 1. The molecule has 246 valence electrons. The monoisotopic (exact) mass is 620 g/mol. The van der Waals surface area contributed by atoms with E-state index in [0.29, 0.717) is 43.5 Å². The lowest BCUT2D eigenvalue weighted by Crippen LogP contribution is -2.45. The van der Waals surface area contributed by atoms with Crippen molar-refractivity contribution < 1.29 is 23.6 Å². The fourth-order valence-corrected chi connectivity index (χ4v) is 6.72. The van der Waals surface area contributed by atoms with E-state index in [1.165, 1.54) is 12.7 Å². The maximum Gasteiger partial charge on any atom is 0.287 e. The second kappa shape index (κ2) is 16.7. The number of likely N-dealkylation sites (tertiary alicyclic amines) is 1. The molecule has 0 bridgehead atoms. The number of aryl methyl sites for hydroxylation is 1. The minimum absolute atomic E-state index is 0.00160. The van der Waals surface area contributed by atoms with Crippen LogP contribution in [0.2, 0.25) is 0 Å². The summed E-state index contributed by atoms with van der Waals surface area (Å²) in [4.78, 5) is 55.5. The van der Waals surface area contributed by atoms with Crippen LogP contribution in [0.3, 0.4) is 0 Å². The van der Waals surface area contributed by atoms with Gasteiger partial charge < -0.3 is 25.7 Å². The quantitative estimate of drug-likeness (QED) is 0.259. The molecule has 0 radical (unpaired) electrons. The first kappa shape index (κ1) is 34.4. The van der Waals surface area contributed by atoms with Gasteiger partial charge in [-0.25, -0.2) is 0 Å². The van der Waals surface area contributed by atoms with Crippen LogP contribution in [0.4, 0.5) is 0 Å². The van der Waals surface area contributed by atoms with Crippen LogP contribution in [0.1, 0.15) is 110 Å². The zero-order chi connectivity index (χ0) is 32.3. The van der Waals surface area contributed by atoms with Gasteiger partial charge in [0.15, 0.2) is 11.5 Å². The van der Waals surface area contributed by atoms with Gasteiger partial charge in [0.05, 0.1) is 12.3 Å². The number of hydrogen-bond acceptors (Lipinski definition) is 6. The topological polar surface area (TPSA) is 135 Å². The van der Waals surface area contributed by atoms with Crippen LogP contribution >= 0.6 is 0 Å². The minimum atomic E-state index is -0.676. The highest BCUT2D eigenvalue weighted by atomic mass is 16.3. The molecule has 1 aromatic carbocycles. The van der Waals surface area contributed by atoms with E-state index in [9.17, 15) is 19.2 Å². The largest absolute Gasteiger partial charge is 0.459 e. The van der Waals surface area contributed by atoms with Gasteiger partial charge in [0.1, 0.15) is 0 Å². The van der Waals surface area contributed by atoms with Crippen molar-refractivity contribution in [3.8, 4) is 0 Å². The molecule has 2 aromatic rings. The first-order valence-corrected chi connectivity index (χ1v) is 16.9. The van der Waals surface area contributed by atoms with Crippen molar-refractivity contribution in [2.75, 3.05) is 19.6 Å². The first-order valence-electron chi connectivity index (χ1n) is 16.9. The van der Waals surface area contributed by atoms with Crippen LogP contribution < -0.4 is 16.4 Å². The van der Waals surface area contributed by atoms with Crippen LogP contribution in [0.5, 0.6) is 0 Å². The zero-order valence-corrected chi connectivity index (χ0v) is 27.3. The maximum absolute atomic E-state index is 13.8. The number of amides is 3. The highest BCUT2D eigenvalue weighted by molar-refractivity contribution is 5.97. The molecule has 9 heteroatoms. The number of nitrogens with zero attached hydrogens (tertiary/aromatic N) is 1. The molecule has 4 N–H and O–H groups in total. The molecule has 9 nitrogen and oxygen atoms in total. The summed E-state index contributed by atoms with van der Waals surface area (Å²) in [5.41, 5.74) is 8.29. The van der Waals surface area contributed by atoms with Crippen LogP contribution in [-0.4, -0.2) is 54.1 Å². The summed E-state index contributed by atoms with van der Waals surface area (Å²) in [5, 5.41) is 6.00. The van der Waals surface area contributed by atoms with Gasteiger partial charge in [-0.2, -0.15) is 0 Å². The average Bonchev–Trinajstić information content (AvgIpc) is 3.62. The molecular weight excluding hydrogens is 568 g/mol. The highest BCUT2D eigenvalue weighted by Crippen LogP contribution is 2.29. The fraction of sp³-hybridized carbons (Fsp3) is 0.611. The summed E-state index contributed by atoms with van der Waals surface area (Å²) in [6.07, 6.45) is 10.2. The predicted molar refractivity (Wildman–Crippen MR) is 174 cm³/mol. The summed E-state index contributed by atoms with van der Waals surface area (Å²) >= 11 is 0. The van der Waals surface area contributed by atoms with Gasteiger partial charge in [-0.15, -0.1) is 0 Å². The molecule has 2 aliphatic rings. The molecule has 3 atom stereocenters. The summed E-state index contributed by atoms with van der Waals surface area (Å²) < 4.78 is 5.28. The van der Waals surface area contributed by atoms with Gasteiger partial charge in [0.2, 0.25) is 5.91 Å². The number of carbonyl (C=O) groups excluding carboxylic acids is 4. The second-order valence-corrected chi connectivity index (χ2v) is 13.2. The van der Waals surface area contributed by atoms with Crippen LogP contribution in [-0.2, 0) is 16.1 Å². The number of nitrogens with two attached hydrogens (primary N) is 1. The van der Waals surface area contributed by atoms with Gasteiger partial charge >= 0.3 is 0 Å². The van der Waals surface area contributed by atoms with Crippen LogP contribution in [0.25, 0.3) is 0 Å². The SMILES string of the molecule is CCC(C)C(CC(=O)[C@H](CC1CCCCC1)NC(=O)c1ccco1)C(=O)NCc1cc(C(=O)N2CCC(CN)CC2)ccc1C. The molecule has 1 saturated carbocycles. The van der Waals surface area contributed by atoms with E-state index in [0.717, 1.165) is 56.1 Å². The molecular formula is C36H52N4O5. The summed E-state index contributed by atoms with van der Waals surface area (Å²) in [7, 11) is 0. The van der Waals surface area contributed by atoms with Gasteiger partial charge in [0, 0.05) is 37.5 Å². The number of hydrogen-bond donors (Lipinski definition) is 3. The number of furan rings is 1. The lowest BCUT2D eigenvalue weighted by molar-refractivity contribution is -0.132. The van der Waals surface area contributed by atoms with E-state index in [4.69, 9.17) is 10.2 Å². The Balaban J connectivity index is 1.42. The van der Waals surface area contributed by atoms with E-state index in [2.05, 4.69) is 10.6 Å². The molecule has 0 spiro atoms. The lowest BCUT2D eigenvalue weighted by atomic mass is 9.81. The number of nitrogens with one attached hydrogen (secondary N) is 2. The predicted octanol–water partition coefficient (Wildman–Crippen LogP) is 5.41. The molecule has 2 heterocycles. The standard InChI is InChI=1S/C36H52N4O5/c1-4-24(2)30(21-32(41)31(19-26-9-6-5-7-10-26)39-35(43)33-11-8-18-45-33)34(42)38-23-29-20-28(13-12-25(29)3)36(44)40-16-14-27(22-37)15-17-40/h8,11-13,18,20,24,26-27,30-31H,4-7,9-10,14-17,19,21-23,37H2,1-3H3,(H,38,42)(H,39,43)/t24?,30?,31-/m0/s1. The summed E-state index contributed by atoms with van der Waals surface area (Å²) in [5.74, 6) is -0.280. The van der Waals surface area contributed by atoms with Gasteiger partial charge in [-0.3, -0.25) is 19.2 Å². The number of rotatable bonds is 14. The number of Topliss-reactive ketones (excluding diaryl/α,β-unsaturated/α-hetero) is 1. The van der Waals surface area contributed by atoms with E-state index < -0.39 is 17.9 Å². The van der Waals surface area contributed by atoms with Crippen molar-refractivity contribution in [1.29, 1.82) is 0 Å². The molecule has 1 aliphatic carbocycles. The Kier molecular flexibility index (Phi) is 12.8. The Morgan fingerprint density at radius 2 is 1.76 bits per heavy atom. The third kappa shape index (κ3) is 9.52. The van der Waals surface area contributed by atoms with Gasteiger partial charge in [0.25, 0.3) is 11.8 Å². The number of ketones is 1. The Hall–Kier alpha value is -3.46. The van der Waals surface area contributed by atoms with E-state index in [1.807, 2.05) is 43.9 Å². The lowest BCUT2D eigenvalue weighted by Gasteiger charge is -2.31. The maximum atomic E-state index is 13.8. The van der Waals surface area contributed by atoms with Crippen molar-refractivity contribution in [3.63, 3.8) is 0 Å². The molecule has 1 aromatic heterocycles. The Labute approximate surface area is 268 Å². The number of carbonyl (C=O) groups is 4. The van der Waals surface area contributed by atoms with Crippen LogP contribution in [0, 0.1) is 30.6 Å². The first-order chi connectivity index (χ1) is 21.7. The van der Waals surface area contributed by atoms with E-state index >= 15 is 0 Å². The third-order valence-corrected chi connectivity index (χ3v) is 10.1. The second-order valence-electron chi connectivity index (χ2n) is 13.2. The molecule has 2 unspecified atom stereocenters. The van der Waals surface area contributed by atoms with Crippen molar-refractivity contribution in [2.24, 2.45) is 29.4 Å². The van der Waals surface area contributed by atoms with Crippen LogP contribution in [0.15, 0.2) is 41.0 Å². The van der Waals surface area contributed by atoms with Crippen molar-refractivity contribution in [1.82, 2.24) is 15.5 Å². The van der Waals surface area contributed by atoms with Crippen molar-refractivity contribution in [2.45, 2.75) is 97.6 Å². The fourth-order valence-electron chi connectivity index (χ4n) is 6.72. The third-order valence-electron chi connectivity index (χ3n) is 10.1.